The maximum absolute atomic E-state index is 8.22. The van der Waals surface area contributed by atoms with Gasteiger partial charge < -0.3 is 5.11 Å². The van der Waals surface area contributed by atoms with E-state index in [0.29, 0.717) is 6.42 Å². The maximum atomic E-state index is 8.22. The second-order valence-electron chi connectivity index (χ2n) is 1.54. The molecule has 1 N–H and O–H groups in total. The van der Waals surface area contributed by atoms with Crippen LogP contribution in [0.5, 0.6) is 0 Å². The molecule has 2 heteroatoms. The topological polar surface area (TPSA) is 44.0 Å². The molecule has 0 aromatic heterocycles. The predicted octanol–water partition coefficient (Wildman–Crippen LogP) is 0.528. The molecule has 0 amide bonds. The van der Waals surface area contributed by atoms with Crippen molar-refractivity contribution in [2.24, 2.45) is 5.92 Å². The molecular formula is C5H9NO. The third-order valence-electron chi connectivity index (χ3n) is 0.782. The zero-order chi connectivity index (χ0) is 5.70. The number of nitriles is 1. The summed E-state index contributed by atoms with van der Waals surface area (Å²) in [6.45, 7) is 1.91. The number of hydrogen-bond donors (Lipinski definition) is 1. The third kappa shape index (κ3) is 3.28. The highest BCUT2D eigenvalue weighted by Crippen LogP contribution is 1.95. The van der Waals surface area contributed by atoms with Gasteiger partial charge in [-0.15, -0.1) is 0 Å². The van der Waals surface area contributed by atoms with Crippen LogP contribution in [0.2, 0.25) is 0 Å². The highest BCUT2D eigenvalue weighted by Gasteiger charge is 1.93. The van der Waals surface area contributed by atoms with Crippen LogP contribution in [0.25, 0.3) is 0 Å². The van der Waals surface area contributed by atoms with Gasteiger partial charge in [-0.25, -0.2) is 0 Å². The summed E-state index contributed by atoms with van der Waals surface area (Å²) in [6.07, 6.45) is 0.594. The third-order valence-corrected chi connectivity index (χ3v) is 0.782. The lowest BCUT2D eigenvalue weighted by atomic mass is 10.1. The fraction of sp³-hybridized carbons (Fsp3) is 0.800. The summed E-state index contributed by atoms with van der Waals surface area (Å²) in [5.74, 6) is 0.00463. The highest BCUT2D eigenvalue weighted by molar-refractivity contribution is 4.77. The molecule has 0 aliphatic heterocycles. The molecule has 0 aromatic rings. The first-order valence-electron chi connectivity index (χ1n) is 2.31. The van der Waals surface area contributed by atoms with Gasteiger partial charge >= 0.3 is 0 Å². The molecule has 0 bridgehead atoms. The van der Waals surface area contributed by atoms with E-state index < -0.39 is 0 Å². The van der Waals surface area contributed by atoms with Gasteiger partial charge in [0, 0.05) is 12.5 Å². The minimum atomic E-state index is 0.00463. The minimum Gasteiger partial charge on any atom is -0.396 e. The lowest BCUT2D eigenvalue weighted by Gasteiger charge is -1.92. The van der Waals surface area contributed by atoms with Crippen molar-refractivity contribution >= 4 is 0 Å². The molecule has 0 saturated carbocycles. The van der Waals surface area contributed by atoms with Gasteiger partial charge in [0.25, 0.3) is 0 Å². The van der Waals surface area contributed by atoms with Crippen LogP contribution in [0.15, 0.2) is 0 Å². The first kappa shape index (κ1) is 6.45. The van der Waals surface area contributed by atoms with E-state index in [-0.39, 0.29) is 12.5 Å². The summed E-state index contributed by atoms with van der Waals surface area (Å²) >= 11 is 0. The van der Waals surface area contributed by atoms with Gasteiger partial charge in [-0.3, -0.25) is 0 Å². The van der Waals surface area contributed by atoms with E-state index in [1.165, 1.54) is 0 Å². The Bertz CT molecular complexity index is 74.6. The summed E-state index contributed by atoms with van der Waals surface area (Å²) in [4.78, 5) is 0. The molecule has 2 nitrogen and oxygen atoms in total. The zero-order valence-electron chi connectivity index (χ0n) is 4.39. The van der Waals surface area contributed by atoms with Gasteiger partial charge in [0.2, 0.25) is 0 Å². The van der Waals surface area contributed by atoms with Crippen molar-refractivity contribution in [3.05, 3.63) is 0 Å². The molecular weight excluding hydrogens is 90.1 g/mol. The molecule has 0 rings (SSSR count). The average Bonchev–Trinajstić information content (AvgIpc) is 1.68. The SMILES string of the molecule is CC(C#N)CCO. The Morgan fingerprint density at radius 3 is 2.57 bits per heavy atom. The second-order valence-corrected chi connectivity index (χ2v) is 1.54. The number of aliphatic hydroxyl groups excluding tert-OH is 1. The summed E-state index contributed by atoms with van der Waals surface area (Å²) in [7, 11) is 0. The van der Waals surface area contributed by atoms with Crippen LogP contribution in [-0.2, 0) is 0 Å². The Labute approximate surface area is 43.4 Å². The molecule has 40 valence electrons. The number of aliphatic hydroxyl groups is 1. The smallest absolute Gasteiger partial charge is 0.0653 e. The Morgan fingerprint density at radius 1 is 1.86 bits per heavy atom. The van der Waals surface area contributed by atoms with Gasteiger partial charge in [0.05, 0.1) is 6.07 Å². The van der Waals surface area contributed by atoms with E-state index in [0.717, 1.165) is 0 Å². The Balaban J connectivity index is 3.04. The first-order valence-corrected chi connectivity index (χ1v) is 2.31. The standard InChI is InChI=1S/C5H9NO/c1-5(4-6)2-3-7/h5,7H,2-3H2,1H3. The van der Waals surface area contributed by atoms with Gasteiger partial charge in [0.15, 0.2) is 0 Å². The van der Waals surface area contributed by atoms with Gasteiger partial charge in [0.1, 0.15) is 0 Å². The fourth-order valence-corrected chi connectivity index (χ4v) is 0.258. The van der Waals surface area contributed by atoms with Crippen LogP contribution in [0.4, 0.5) is 0 Å². The summed E-state index contributed by atoms with van der Waals surface area (Å²) < 4.78 is 0. The van der Waals surface area contributed by atoms with E-state index in [2.05, 4.69) is 0 Å². The fourth-order valence-electron chi connectivity index (χ4n) is 0.258. The molecule has 0 spiro atoms. The van der Waals surface area contributed by atoms with E-state index in [9.17, 15) is 0 Å². The molecule has 0 aliphatic rings. The number of nitrogens with zero attached hydrogens (tertiary/aromatic N) is 1. The van der Waals surface area contributed by atoms with Crippen molar-refractivity contribution in [1.29, 1.82) is 5.26 Å². The summed E-state index contributed by atoms with van der Waals surface area (Å²) in [6, 6.07) is 2.01. The normalized spacial score (nSPS) is 12.7. The summed E-state index contributed by atoms with van der Waals surface area (Å²) in [5, 5.41) is 16.3. The monoisotopic (exact) mass is 99.1 g/mol. The minimum absolute atomic E-state index is 0.00463. The van der Waals surface area contributed by atoms with E-state index >= 15 is 0 Å². The van der Waals surface area contributed by atoms with Crippen LogP contribution in [0, 0.1) is 17.2 Å². The largest absolute Gasteiger partial charge is 0.396 e. The van der Waals surface area contributed by atoms with Gasteiger partial charge in [-0.05, 0) is 13.3 Å². The molecule has 0 aromatic carbocycles. The Kier molecular flexibility index (Phi) is 3.35. The molecule has 7 heavy (non-hydrogen) atoms. The molecule has 0 aliphatic carbocycles. The number of hydrogen-bond acceptors (Lipinski definition) is 2. The van der Waals surface area contributed by atoms with E-state index in [4.69, 9.17) is 10.4 Å². The lowest BCUT2D eigenvalue weighted by Crippen LogP contribution is -1.92. The van der Waals surface area contributed by atoms with Crippen LogP contribution in [0.3, 0.4) is 0 Å². The van der Waals surface area contributed by atoms with Gasteiger partial charge in [-0.1, -0.05) is 0 Å². The Hall–Kier alpha value is -0.550. The zero-order valence-corrected chi connectivity index (χ0v) is 4.39. The van der Waals surface area contributed by atoms with Crippen molar-refractivity contribution in [2.45, 2.75) is 13.3 Å². The van der Waals surface area contributed by atoms with Crippen molar-refractivity contribution in [2.75, 3.05) is 6.61 Å². The van der Waals surface area contributed by atoms with Crippen molar-refractivity contribution < 1.29 is 5.11 Å². The lowest BCUT2D eigenvalue weighted by molar-refractivity contribution is 0.275. The predicted molar refractivity (Wildman–Crippen MR) is 26.5 cm³/mol. The maximum Gasteiger partial charge on any atom is 0.0653 e. The molecule has 0 fully saturated rings. The summed E-state index contributed by atoms with van der Waals surface area (Å²) in [5.41, 5.74) is 0. The van der Waals surface area contributed by atoms with Crippen LogP contribution in [-0.4, -0.2) is 11.7 Å². The van der Waals surface area contributed by atoms with Crippen molar-refractivity contribution in [3.8, 4) is 6.07 Å². The first-order chi connectivity index (χ1) is 3.31. The quantitative estimate of drug-likeness (QED) is 0.548. The van der Waals surface area contributed by atoms with Crippen molar-refractivity contribution in [1.82, 2.24) is 0 Å². The number of rotatable bonds is 2. The molecule has 1 unspecified atom stereocenters. The average molecular weight is 99.1 g/mol. The Morgan fingerprint density at radius 2 is 2.43 bits per heavy atom. The molecule has 0 saturated heterocycles. The van der Waals surface area contributed by atoms with Crippen molar-refractivity contribution in [3.63, 3.8) is 0 Å². The molecule has 0 radical (unpaired) electrons. The van der Waals surface area contributed by atoms with Gasteiger partial charge in [-0.2, -0.15) is 5.26 Å². The van der Waals surface area contributed by atoms with E-state index in [1.807, 2.05) is 6.07 Å². The molecule has 0 heterocycles. The highest BCUT2D eigenvalue weighted by atomic mass is 16.2. The van der Waals surface area contributed by atoms with E-state index in [1.54, 1.807) is 6.92 Å². The van der Waals surface area contributed by atoms with Crippen LogP contribution in [0.1, 0.15) is 13.3 Å². The van der Waals surface area contributed by atoms with Crippen LogP contribution >= 0.6 is 0 Å². The second kappa shape index (κ2) is 3.63. The molecule has 1 atom stereocenters. The van der Waals surface area contributed by atoms with Crippen LogP contribution < -0.4 is 0 Å².